The van der Waals surface area contributed by atoms with Gasteiger partial charge in [-0.2, -0.15) is 0 Å². The Morgan fingerprint density at radius 1 is 1.39 bits per heavy atom. The number of rotatable bonds is 3. The van der Waals surface area contributed by atoms with E-state index in [4.69, 9.17) is 17.3 Å². The summed E-state index contributed by atoms with van der Waals surface area (Å²) in [6, 6.07) is 5.34. The van der Waals surface area contributed by atoms with Gasteiger partial charge in [-0.05, 0) is 18.2 Å². The molecule has 0 fully saturated rings. The van der Waals surface area contributed by atoms with E-state index in [0.29, 0.717) is 11.4 Å². The van der Waals surface area contributed by atoms with Crippen LogP contribution in [0.2, 0.25) is 5.02 Å². The molecule has 18 heavy (non-hydrogen) atoms. The third kappa shape index (κ3) is 2.10. The van der Waals surface area contributed by atoms with Crippen molar-refractivity contribution < 1.29 is 0 Å². The summed E-state index contributed by atoms with van der Waals surface area (Å²) in [5, 5.41) is 0.680. The van der Waals surface area contributed by atoms with Gasteiger partial charge in [-0.15, -0.1) is 0 Å². The minimum absolute atomic E-state index is 0.198. The summed E-state index contributed by atoms with van der Waals surface area (Å²) in [6.45, 7) is 0. The number of halogens is 1. The van der Waals surface area contributed by atoms with Crippen molar-refractivity contribution in [1.29, 1.82) is 0 Å². The van der Waals surface area contributed by atoms with Gasteiger partial charge in [0.25, 0.3) is 0 Å². The zero-order chi connectivity index (χ0) is 12.5. The highest BCUT2D eigenvalue weighted by atomic mass is 35.5. The van der Waals surface area contributed by atoms with Crippen LogP contribution in [0.1, 0.15) is 17.6 Å². The number of aromatic amines is 2. The van der Waals surface area contributed by atoms with Gasteiger partial charge in [-0.25, -0.2) is 9.97 Å². The lowest BCUT2D eigenvalue weighted by Gasteiger charge is -2.06. The van der Waals surface area contributed by atoms with Crippen molar-refractivity contribution in [2.45, 2.75) is 12.5 Å². The highest BCUT2D eigenvalue weighted by Crippen LogP contribution is 2.20. The predicted octanol–water partition coefficient (Wildman–Crippen LogP) is 2.18. The lowest BCUT2D eigenvalue weighted by atomic mass is 10.2. The van der Waals surface area contributed by atoms with Crippen LogP contribution in [0.25, 0.3) is 11.0 Å². The SMILES string of the molecule is N[C@@H](Cc1cnc[nH]1)c1nc2ccc(Cl)cc2[nH]1. The Balaban J connectivity index is 1.89. The second kappa shape index (κ2) is 4.44. The molecule has 0 unspecified atom stereocenters. The molecule has 4 N–H and O–H groups in total. The Morgan fingerprint density at radius 3 is 3.06 bits per heavy atom. The Labute approximate surface area is 108 Å². The Kier molecular flexibility index (Phi) is 2.77. The van der Waals surface area contributed by atoms with Gasteiger partial charge in [0.1, 0.15) is 5.82 Å². The maximum absolute atomic E-state index is 6.11. The van der Waals surface area contributed by atoms with E-state index in [0.717, 1.165) is 22.6 Å². The Morgan fingerprint density at radius 2 is 2.28 bits per heavy atom. The minimum Gasteiger partial charge on any atom is -0.348 e. The fourth-order valence-corrected chi connectivity index (χ4v) is 2.08. The largest absolute Gasteiger partial charge is 0.348 e. The van der Waals surface area contributed by atoms with Crippen molar-refractivity contribution in [1.82, 2.24) is 19.9 Å². The summed E-state index contributed by atoms with van der Waals surface area (Å²) in [5.41, 5.74) is 8.87. The van der Waals surface area contributed by atoms with Gasteiger partial charge >= 0.3 is 0 Å². The molecule has 0 bridgehead atoms. The molecular formula is C12H12ClN5. The summed E-state index contributed by atoms with van der Waals surface area (Å²) in [4.78, 5) is 14.6. The lowest BCUT2D eigenvalue weighted by Crippen LogP contribution is -2.15. The molecule has 0 amide bonds. The van der Waals surface area contributed by atoms with Gasteiger partial charge in [-0.3, -0.25) is 0 Å². The van der Waals surface area contributed by atoms with Crippen LogP contribution in [0.3, 0.4) is 0 Å². The number of hydrogen-bond acceptors (Lipinski definition) is 3. The van der Waals surface area contributed by atoms with Crippen molar-refractivity contribution >= 4 is 22.6 Å². The van der Waals surface area contributed by atoms with Crippen LogP contribution in [0, 0.1) is 0 Å². The maximum atomic E-state index is 6.11. The van der Waals surface area contributed by atoms with E-state index >= 15 is 0 Å². The van der Waals surface area contributed by atoms with Crippen molar-refractivity contribution in [3.8, 4) is 0 Å². The fourth-order valence-electron chi connectivity index (χ4n) is 1.91. The molecule has 2 aromatic heterocycles. The number of imidazole rings is 2. The molecule has 0 aliphatic rings. The number of benzene rings is 1. The van der Waals surface area contributed by atoms with Crippen molar-refractivity contribution in [2.24, 2.45) is 5.73 Å². The quantitative estimate of drug-likeness (QED) is 0.676. The van der Waals surface area contributed by atoms with Gasteiger partial charge in [0, 0.05) is 23.3 Å². The first-order chi connectivity index (χ1) is 8.72. The van der Waals surface area contributed by atoms with E-state index < -0.39 is 0 Å². The van der Waals surface area contributed by atoms with E-state index in [1.165, 1.54) is 0 Å². The van der Waals surface area contributed by atoms with Gasteiger partial charge < -0.3 is 15.7 Å². The molecule has 5 nitrogen and oxygen atoms in total. The van der Waals surface area contributed by atoms with E-state index in [1.807, 2.05) is 18.2 Å². The third-order valence-electron chi connectivity index (χ3n) is 2.81. The molecule has 2 heterocycles. The van der Waals surface area contributed by atoms with Gasteiger partial charge in [0.15, 0.2) is 0 Å². The number of nitrogens with two attached hydrogens (primary N) is 1. The topological polar surface area (TPSA) is 83.4 Å². The van der Waals surface area contributed by atoms with Crippen LogP contribution in [0.4, 0.5) is 0 Å². The number of hydrogen-bond donors (Lipinski definition) is 3. The summed E-state index contributed by atoms with van der Waals surface area (Å²) < 4.78 is 0. The van der Waals surface area contributed by atoms with Crippen LogP contribution in [-0.4, -0.2) is 19.9 Å². The summed E-state index contributed by atoms with van der Waals surface area (Å²) in [6.07, 6.45) is 4.06. The Hall–Kier alpha value is -1.85. The normalized spacial score (nSPS) is 13.0. The smallest absolute Gasteiger partial charge is 0.124 e. The maximum Gasteiger partial charge on any atom is 0.124 e. The number of nitrogens with one attached hydrogen (secondary N) is 2. The highest BCUT2D eigenvalue weighted by Gasteiger charge is 2.12. The van der Waals surface area contributed by atoms with E-state index in [2.05, 4.69) is 19.9 Å². The molecule has 92 valence electrons. The molecule has 0 aliphatic carbocycles. The second-order valence-corrected chi connectivity index (χ2v) is 4.61. The van der Waals surface area contributed by atoms with E-state index in [1.54, 1.807) is 12.5 Å². The lowest BCUT2D eigenvalue weighted by molar-refractivity contribution is 0.671. The zero-order valence-electron chi connectivity index (χ0n) is 9.52. The zero-order valence-corrected chi connectivity index (χ0v) is 10.3. The van der Waals surface area contributed by atoms with Crippen LogP contribution in [-0.2, 0) is 6.42 Å². The number of nitrogens with zero attached hydrogens (tertiary/aromatic N) is 2. The van der Waals surface area contributed by atoms with Crippen LogP contribution in [0.5, 0.6) is 0 Å². The van der Waals surface area contributed by atoms with Crippen LogP contribution in [0.15, 0.2) is 30.7 Å². The minimum atomic E-state index is -0.198. The molecule has 3 aromatic rings. The van der Waals surface area contributed by atoms with E-state index in [-0.39, 0.29) is 6.04 Å². The van der Waals surface area contributed by atoms with E-state index in [9.17, 15) is 0 Å². The highest BCUT2D eigenvalue weighted by molar-refractivity contribution is 6.31. The second-order valence-electron chi connectivity index (χ2n) is 4.17. The first-order valence-corrected chi connectivity index (χ1v) is 5.98. The monoisotopic (exact) mass is 261 g/mol. The summed E-state index contributed by atoms with van der Waals surface area (Å²) >= 11 is 5.93. The average Bonchev–Trinajstić information content (AvgIpc) is 2.96. The van der Waals surface area contributed by atoms with Crippen molar-refractivity contribution in [3.05, 3.63) is 47.3 Å². The number of aromatic nitrogens is 4. The summed E-state index contributed by atoms with van der Waals surface area (Å²) in [7, 11) is 0. The molecule has 0 aliphatic heterocycles. The molecule has 0 spiro atoms. The fraction of sp³-hybridized carbons (Fsp3) is 0.167. The molecule has 0 saturated heterocycles. The molecule has 0 radical (unpaired) electrons. The summed E-state index contributed by atoms with van der Waals surface area (Å²) in [5.74, 6) is 0.752. The van der Waals surface area contributed by atoms with Gasteiger partial charge in [0.2, 0.25) is 0 Å². The molecule has 1 atom stereocenters. The van der Waals surface area contributed by atoms with Gasteiger partial charge in [0.05, 0.1) is 23.4 Å². The Bertz CT molecular complexity index is 658. The first kappa shape index (κ1) is 11.3. The predicted molar refractivity (Wildman–Crippen MR) is 70.3 cm³/mol. The molecular weight excluding hydrogens is 250 g/mol. The first-order valence-electron chi connectivity index (χ1n) is 5.60. The molecule has 1 aromatic carbocycles. The average molecular weight is 262 g/mol. The third-order valence-corrected chi connectivity index (χ3v) is 3.04. The van der Waals surface area contributed by atoms with Crippen LogP contribution < -0.4 is 5.73 Å². The standard InChI is InChI=1S/C12H12ClN5/c13-7-1-2-10-11(3-7)18-12(17-10)9(14)4-8-5-15-6-16-8/h1-3,5-6,9H,4,14H2,(H,15,16)(H,17,18)/t9-/m0/s1. The molecule has 0 saturated carbocycles. The van der Waals surface area contributed by atoms with Crippen LogP contribution >= 0.6 is 11.6 Å². The van der Waals surface area contributed by atoms with Gasteiger partial charge in [-0.1, -0.05) is 11.6 Å². The van der Waals surface area contributed by atoms with Crippen molar-refractivity contribution in [2.75, 3.05) is 0 Å². The molecule has 6 heteroatoms. The molecule has 3 rings (SSSR count). The van der Waals surface area contributed by atoms with Crippen molar-refractivity contribution in [3.63, 3.8) is 0 Å². The number of fused-ring (bicyclic) bond motifs is 1. The number of H-pyrrole nitrogens is 2.